The van der Waals surface area contributed by atoms with E-state index >= 15 is 0 Å². The highest BCUT2D eigenvalue weighted by Gasteiger charge is 2.57. The Morgan fingerprint density at radius 2 is 1.75 bits per heavy atom. The third kappa shape index (κ3) is 1.53. The van der Waals surface area contributed by atoms with E-state index in [9.17, 15) is 0 Å². The number of hydrogen-bond donors (Lipinski definition) is 0. The first-order chi connectivity index (χ1) is 5.70. The molecule has 0 bridgehead atoms. The van der Waals surface area contributed by atoms with Gasteiger partial charge in [-0.15, -0.1) is 0 Å². The van der Waals surface area contributed by atoms with Crippen LogP contribution in [0.15, 0.2) is 0 Å². The van der Waals surface area contributed by atoms with Gasteiger partial charge in [0.15, 0.2) is 0 Å². The van der Waals surface area contributed by atoms with E-state index < -0.39 is 0 Å². The zero-order chi connectivity index (χ0) is 9.19. The molecule has 0 heteroatoms. The molecule has 0 N–H and O–H groups in total. The fourth-order valence-corrected chi connectivity index (χ4v) is 2.99. The molecule has 0 aromatic rings. The van der Waals surface area contributed by atoms with Crippen LogP contribution in [-0.4, -0.2) is 0 Å². The molecule has 0 saturated heterocycles. The Labute approximate surface area is 77.7 Å². The van der Waals surface area contributed by atoms with Gasteiger partial charge >= 0.3 is 0 Å². The summed E-state index contributed by atoms with van der Waals surface area (Å²) < 4.78 is 0. The summed E-state index contributed by atoms with van der Waals surface area (Å²) in [6.45, 7) is 9.49. The second-order valence-electron chi connectivity index (χ2n) is 4.62. The van der Waals surface area contributed by atoms with Crippen molar-refractivity contribution in [1.29, 1.82) is 0 Å². The van der Waals surface area contributed by atoms with Gasteiger partial charge in [0.2, 0.25) is 0 Å². The maximum atomic E-state index is 2.49. The summed E-state index contributed by atoms with van der Waals surface area (Å²) in [5.74, 6) is 2.11. The molecule has 0 aromatic carbocycles. The molecule has 0 aromatic heterocycles. The Morgan fingerprint density at radius 1 is 1.08 bits per heavy atom. The van der Waals surface area contributed by atoms with Gasteiger partial charge in [-0.05, 0) is 23.7 Å². The third-order valence-electron chi connectivity index (χ3n) is 4.14. The van der Waals surface area contributed by atoms with Gasteiger partial charge < -0.3 is 0 Å². The van der Waals surface area contributed by atoms with Crippen LogP contribution in [0.2, 0.25) is 0 Å². The summed E-state index contributed by atoms with van der Waals surface area (Å²) in [6.07, 6.45) is 7.08. The van der Waals surface area contributed by atoms with Crippen molar-refractivity contribution in [3.05, 3.63) is 0 Å². The molecule has 1 aliphatic carbocycles. The van der Waals surface area contributed by atoms with Gasteiger partial charge in [0, 0.05) is 0 Å². The second-order valence-corrected chi connectivity index (χ2v) is 4.62. The Hall–Kier alpha value is 0. The topological polar surface area (TPSA) is 0 Å². The summed E-state index contributed by atoms with van der Waals surface area (Å²) in [5, 5.41) is 0. The quantitative estimate of drug-likeness (QED) is 0.575. The standard InChI is InChI=1S/C12H24/c1-5-8-9-11-10(6-2)12(11,4)7-3/h10-11H,5-9H2,1-4H3. The first kappa shape index (κ1) is 10.1. The van der Waals surface area contributed by atoms with E-state index in [1.54, 1.807) is 0 Å². The zero-order valence-corrected chi connectivity index (χ0v) is 9.19. The molecular weight excluding hydrogens is 144 g/mol. The van der Waals surface area contributed by atoms with Crippen LogP contribution in [0, 0.1) is 17.3 Å². The van der Waals surface area contributed by atoms with Gasteiger partial charge in [-0.1, -0.05) is 53.4 Å². The highest BCUT2D eigenvalue weighted by Crippen LogP contribution is 2.64. The molecule has 1 fully saturated rings. The minimum Gasteiger partial charge on any atom is -0.0654 e. The van der Waals surface area contributed by atoms with Crippen molar-refractivity contribution < 1.29 is 0 Å². The summed E-state index contributed by atoms with van der Waals surface area (Å²) in [7, 11) is 0. The van der Waals surface area contributed by atoms with E-state index in [-0.39, 0.29) is 0 Å². The van der Waals surface area contributed by atoms with E-state index in [0.29, 0.717) is 0 Å². The molecule has 3 atom stereocenters. The fourth-order valence-electron chi connectivity index (χ4n) is 2.99. The molecule has 0 radical (unpaired) electrons. The van der Waals surface area contributed by atoms with Crippen LogP contribution in [0.5, 0.6) is 0 Å². The van der Waals surface area contributed by atoms with E-state index in [4.69, 9.17) is 0 Å². The van der Waals surface area contributed by atoms with Crippen LogP contribution in [-0.2, 0) is 0 Å². The molecular formula is C12H24. The number of hydrogen-bond acceptors (Lipinski definition) is 0. The summed E-state index contributed by atoms with van der Waals surface area (Å²) >= 11 is 0. The van der Waals surface area contributed by atoms with Crippen LogP contribution in [0.3, 0.4) is 0 Å². The van der Waals surface area contributed by atoms with Gasteiger partial charge in [0.25, 0.3) is 0 Å². The van der Waals surface area contributed by atoms with Gasteiger partial charge in [-0.2, -0.15) is 0 Å². The molecule has 12 heavy (non-hydrogen) atoms. The predicted molar refractivity (Wildman–Crippen MR) is 55.2 cm³/mol. The van der Waals surface area contributed by atoms with Crippen molar-refractivity contribution in [1.82, 2.24) is 0 Å². The second kappa shape index (κ2) is 3.81. The Bertz CT molecular complexity index is 139. The molecule has 0 heterocycles. The van der Waals surface area contributed by atoms with Crippen molar-refractivity contribution >= 4 is 0 Å². The smallest absolute Gasteiger partial charge is 0.0266 e. The molecule has 1 saturated carbocycles. The highest BCUT2D eigenvalue weighted by molar-refractivity contribution is 5.05. The van der Waals surface area contributed by atoms with Crippen molar-refractivity contribution in [3.8, 4) is 0 Å². The lowest BCUT2D eigenvalue weighted by Gasteiger charge is -2.06. The third-order valence-corrected chi connectivity index (χ3v) is 4.14. The predicted octanol–water partition coefficient (Wildman–Crippen LogP) is 4.25. The van der Waals surface area contributed by atoms with Crippen molar-refractivity contribution in [2.45, 2.75) is 59.8 Å². The Kier molecular flexibility index (Phi) is 3.20. The van der Waals surface area contributed by atoms with Crippen LogP contribution >= 0.6 is 0 Å². The Balaban J connectivity index is 2.36. The lowest BCUT2D eigenvalue weighted by Crippen LogP contribution is -1.96. The van der Waals surface area contributed by atoms with Gasteiger partial charge in [-0.25, -0.2) is 0 Å². The number of unbranched alkanes of at least 4 members (excludes halogenated alkanes) is 1. The van der Waals surface area contributed by atoms with Crippen molar-refractivity contribution in [3.63, 3.8) is 0 Å². The van der Waals surface area contributed by atoms with Crippen LogP contribution in [0.25, 0.3) is 0 Å². The molecule has 1 aliphatic rings. The van der Waals surface area contributed by atoms with Crippen molar-refractivity contribution in [2.75, 3.05) is 0 Å². The van der Waals surface area contributed by atoms with E-state index in [1.807, 2.05) is 0 Å². The average molecular weight is 168 g/mol. The van der Waals surface area contributed by atoms with Crippen LogP contribution in [0.4, 0.5) is 0 Å². The monoisotopic (exact) mass is 168 g/mol. The molecule has 1 rings (SSSR count). The average Bonchev–Trinajstić information content (AvgIpc) is 2.68. The largest absolute Gasteiger partial charge is 0.0654 e. The molecule has 0 spiro atoms. The van der Waals surface area contributed by atoms with E-state index in [2.05, 4.69) is 27.7 Å². The molecule has 0 nitrogen and oxygen atoms in total. The van der Waals surface area contributed by atoms with Crippen LogP contribution < -0.4 is 0 Å². The van der Waals surface area contributed by atoms with Gasteiger partial charge in [-0.3, -0.25) is 0 Å². The Morgan fingerprint density at radius 3 is 2.08 bits per heavy atom. The first-order valence-corrected chi connectivity index (χ1v) is 5.70. The van der Waals surface area contributed by atoms with E-state index in [0.717, 1.165) is 17.3 Å². The highest BCUT2D eigenvalue weighted by atomic mass is 14.6. The molecule has 0 aliphatic heterocycles. The van der Waals surface area contributed by atoms with Gasteiger partial charge in [0.05, 0.1) is 0 Å². The molecule has 0 amide bonds. The van der Waals surface area contributed by atoms with E-state index in [1.165, 1.54) is 32.1 Å². The summed E-state index contributed by atoms with van der Waals surface area (Å²) in [6, 6.07) is 0. The normalized spacial score (nSPS) is 40.0. The maximum absolute atomic E-state index is 2.49. The zero-order valence-electron chi connectivity index (χ0n) is 9.19. The minimum atomic E-state index is 0.726. The van der Waals surface area contributed by atoms with Crippen LogP contribution in [0.1, 0.15) is 59.8 Å². The lowest BCUT2D eigenvalue weighted by molar-refractivity contribution is 0.443. The lowest BCUT2D eigenvalue weighted by atomic mass is 9.99. The SMILES string of the molecule is CCCCC1C(CC)C1(C)CC. The summed E-state index contributed by atoms with van der Waals surface area (Å²) in [4.78, 5) is 0. The molecule has 72 valence electrons. The minimum absolute atomic E-state index is 0.726. The van der Waals surface area contributed by atoms with Crippen molar-refractivity contribution in [2.24, 2.45) is 17.3 Å². The fraction of sp³-hybridized carbons (Fsp3) is 1.00. The van der Waals surface area contributed by atoms with Gasteiger partial charge in [0.1, 0.15) is 0 Å². The molecule has 3 unspecified atom stereocenters. The summed E-state index contributed by atoms with van der Waals surface area (Å²) in [5.41, 5.74) is 0.726. The number of rotatable bonds is 5. The maximum Gasteiger partial charge on any atom is -0.0266 e. The first-order valence-electron chi connectivity index (χ1n) is 5.70.